The molecule has 0 bridgehead atoms. The minimum atomic E-state index is -0.276. The zero-order chi connectivity index (χ0) is 20.3. The fourth-order valence-corrected chi connectivity index (χ4v) is 3.82. The summed E-state index contributed by atoms with van der Waals surface area (Å²) < 4.78 is 5.71. The van der Waals surface area contributed by atoms with Crippen LogP contribution in [0.1, 0.15) is 53.6 Å². The number of nitrogens with one attached hydrogen (secondary N) is 1. The Kier molecular flexibility index (Phi) is 7.24. The molecule has 1 amide bonds. The van der Waals surface area contributed by atoms with Gasteiger partial charge in [0.15, 0.2) is 0 Å². The van der Waals surface area contributed by atoms with E-state index in [1.807, 2.05) is 31.2 Å². The van der Waals surface area contributed by atoms with Crippen molar-refractivity contribution in [1.29, 1.82) is 0 Å². The van der Waals surface area contributed by atoms with Gasteiger partial charge >= 0.3 is 17.4 Å². The summed E-state index contributed by atoms with van der Waals surface area (Å²) in [6.45, 7) is 7.58. The van der Waals surface area contributed by atoms with E-state index in [0.29, 0.717) is 11.3 Å². The predicted octanol–water partition coefficient (Wildman–Crippen LogP) is 6.11. The monoisotopic (exact) mass is 437 g/mol. The van der Waals surface area contributed by atoms with Crippen LogP contribution in [0.2, 0.25) is 0 Å². The average Bonchev–Trinajstić information content (AvgIpc) is 3.52. The van der Waals surface area contributed by atoms with Crippen molar-refractivity contribution in [1.82, 2.24) is 5.32 Å². The van der Waals surface area contributed by atoms with E-state index in [4.69, 9.17) is 4.74 Å². The number of ether oxygens (including phenoxy) is 1. The number of carbonyl (C=O) groups is 1. The van der Waals surface area contributed by atoms with Crippen LogP contribution in [0.15, 0.2) is 60.7 Å². The van der Waals surface area contributed by atoms with Crippen molar-refractivity contribution in [3.63, 3.8) is 0 Å². The summed E-state index contributed by atoms with van der Waals surface area (Å²) in [4.78, 5) is 13.2. The standard InChI is InChI=1S/C26H27NO2.Cr/c1-3-4-7-17-29-21-14-13-19(2)23(18-21)25(28)27-26(15-16-26)24-12-8-10-20-9-5-6-11-22(20)24;/h5-6,8-14,17-18H,1,3-4,7,15-16H2,2H3,(H,27,28);/q-2;+2. The summed E-state index contributed by atoms with van der Waals surface area (Å²) in [7, 11) is 0. The molecule has 4 heteroatoms. The first kappa shape index (κ1) is 22.4. The second-order valence-corrected chi connectivity index (χ2v) is 7.82. The van der Waals surface area contributed by atoms with Crippen molar-refractivity contribution in [3.05, 3.63) is 90.9 Å². The molecule has 0 aromatic heterocycles. The Bertz CT molecular complexity index is 1020. The zero-order valence-electron chi connectivity index (χ0n) is 17.3. The van der Waals surface area contributed by atoms with Crippen LogP contribution in [-0.2, 0) is 22.9 Å². The Morgan fingerprint density at radius 3 is 2.67 bits per heavy atom. The first-order valence-electron chi connectivity index (χ1n) is 10.3. The Balaban J connectivity index is 0.00000256. The second kappa shape index (κ2) is 9.69. The number of fused-ring (bicyclic) bond motifs is 1. The van der Waals surface area contributed by atoms with Crippen LogP contribution < -0.4 is 10.1 Å². The molecule has 1 aliphatic carbocycles. The van der Waals surface area contributed by atoms with E-state index in [1.165, 1.54) is 16.3 Å². The molecular formula is C26H27CrNO2. The number of unbranched alkanes of at least 4 members (excludes halogenated alkanes) is 2. The molecule has 0 radical (unpaired) electrons. The third kappa shape index (κ3) is 4.72. The summed E-state index contributed by atoms with van der Waals surface area (Å²) in [6.07, 6.45) is 4.65. The third-order valence-electron chi connectivity index (χ3n) is 5.65. The number of hydrogen-bond acceptors (Lipinski definition) is 2. The van der Waals surface area contributed by atoms with Crippen LogP contribution in [0.3, 0.4) is 0 Å². The SMILES string of the molecule is [CH2-]CCC[CH-]Oc1ccc(C)c(C(=O)NC2(c3cccc4ccccc34)CC2)c1.[Cr+2]. The molecular weight excluding hydrogens is 410 g/mol. The first-order valence-corrected chi connectivity index (χ1v) is 10.3. The fourth-order valence-electron chi connectivity index (χ4n) is 3.82. The molecule has 0 spiro atoms. The summed E-state index contributed by atoms with van der Waals surface area (Å²) >= 11 is 0. The van der Waals surface area contributed by atoms with Crippen LogP contribution in [-0.4, -0.2) is 5.91 Å². The van der Waals surface area contributed by atoms with Crippen LogP contribution in [0.4, 0.5) is 0 Å². The molecule has 30 heavy (non-hydrogen) atoms. The Hall–Kier alpha value is -2.28. The van der Waals surface area contributed by atoms with Crippen molar-refractivity contribution in [2.24, 2.45) is 0 Å². The number of amides is 1. The van der Waals surface area contributed by atoms with Gasteiger partial charge in [0, 0.05) is 5.56 Å². The van der Waals surface area contributed by atoms with Crippen LogP contribution in [0.5, 0.6) is 5.75 Å². The summed E-state index contributed by atoms with van der Waals surface area (Å²) in [5.74, 6) is 0.649. The molecule has 4 rings (SSSR count). The maximum atomic E-state index is 13.2. The van der Waals surface area contributed by atoms with Crippen molar-refractivity contribution >= 4 is 16.7 Å². The summed E-state index contributed by atoms with van der Waals surface area (Å²) in [5.41, 5.74) is 2.54. The normalized spacial score (nSPS) is 14.1. The molecule has 3 aromatic rings. The molecule has 1 fully saturated rings. The molecule has 0 unspecified atom stereocenters. The van der Waals surface area contributed by atoms with E-state index < -0.39 is 0 Å². The largest absolute Gasteiger partial charge is 2.00 e. The molecule has 1 aliphatic rings. The van der Waals surface area contributed by atoms with Crippen LogP contribution in [0, 0.1) is 20.5 Å². The number of aryl methyl sites for hydroxylation is 1. The molecule has 0 aliphatic heterocycles. The van der Waals surface area contributed by atoms with Gasteiger partial charge in [-0.05, 0) is 53.8 Å². The minimum Gasteiger partial charge on any atom is -0.662 e. The van der Waals surface area contributed by atoms with E-state index in [9.17, 15) is 4.79 Å². The first-order chi connectivity index (χ1) is 14.1. The molecule has 0 atom stereocenters. The number of hydrogen-bond donors (Lipinski definition) is 1. The molecule has 154 valence electrons. The Morgan fingerprint density at radius 2 is 1.90 bits per heavy atom. The van der Waals surface area contributed by atoms with E-state index >= 15 is 0 Å². The van der Waals surface area contributed by atoms with Crippen LogP contribution in [0.25, 0.3) is 10.8 Å². The van der Waals surface area contributed by atoms with Gasteiger partial charge in [-0.25, -0.2) is 0 Å². The Morgan fingerprint density at radius 1 is 1.13 bits per heavy atom. The molecule has 1 N–H and O–H groups in total. The topological polar surface area (TPSA) is 38.3 Å². The minimum absolute atomic E-state index is 0. The van der Waals surface area contributed by atoms with Gasteiger partial charge in [-0.2, -0.15) is 13.0 Å². The maximum Gasteiger partial charge on any atom is 2.00 e. The predicted molar refractivity (Wildman–Crippen MR) is 118 cm³/mol. The second-order valence-electron chi connectivity index (χ2n) is 7.82. The number of carbonyl (C=O) groups excluding carboxylic acids is 1. The fraction of sp³-hybridized carbons (Fsp3) is 0.269. The van der Waals surface area contributed by atoms with Gasteiger partial charge in [-0.3, -0.25) is 4.79 Å². The van der Waals surface area contributed by atoms with Gasteiger partial charge in [0.05, 0.1) is 11.3 Å². The number of rotatable bonds is 8. The molecule has 3 nitrogen and oxygen atoms in total. The van der Waals surface area contributed by atoms with Gasteiger partial charge in [0.2, 0.25) is 0 Å². The summed E-state index contributed by atoms with van der Waals surface area (Å²) in [5, 5.41) is 5.74. The van der Waals surface area contributed by atoms with E-state index in [2.05, 4.69) is 48.6 Å². The van der Waals surface area contributed by atoms with Gasteiger partial charge in [-0.1, -0.05) is 48.5 Å². The third-order valence-corrected chi connectivity index (χ3v) is 5.65. The quantitative estimate of drug-likeness (QED) is 0.341. The summed E-state index contributed by atoms with van der Waals surface area (Å²) in [6, 6.07) is 20.4. The van der Waals surface area contributed by atoms with Gasteiger partial charge < -0.3 is 17.0 Å². The van der Waals surface area contributed by atoms with E-state index in [0.717, 1.165) is 37.7 Å². The number of benzene rings is 3. The zero-order valence-corrected chi connectivity index (χ0v) is 18.6. The van der Waals surface area contributed by atoms with Gasteiger partial charge in [0.25, 0.3) is 5.91 Å². The smallest absolute Gasteiger partial charge is 0.662 e. The average molecular weight is 438 g/mol. The maximum absolute atomic E-state index is 13.2. The van der Waals surface area contributed by atoms with E-state index in [1.54, 1.807) is 6.61 Å². The van der Waals surface area contributed by atoms with Crippen LogP contribution >= 0.6 is 0 Å². The van der Waals surface area contributed by atoms with Crippen molar-refractivity contribution in [2.45, 2.75) is 44.6 Å². The Labute approximate surface area is 190 Å². The van der Waals surface area contributed by atoms with Crippen molar-refractivity contribution in [2.75, 3.05) is 0 Å². The molecule has 0 saturated heterocycles. The van der Waals surface area contributed by atoms with Gasteiger partial charge in [0.1, 0.15) is 0 Å². The van der Waals surface area contributed by atoms with Crippen molar-refractivity contribution < 1.29 is 26.9 Å². The van der Waals surface area contributed by atoms with Gasteiger partial charge in [-0.15, -0.1) is 12.8 Å². The molecule has 3 aromatic carbocycles. The molecule has 1 saturated carbocycles. The van der Waals surface area contributed by atoms with Crippen molar-refractivity contribution in [3.8, 4) is 5.75 Å². The van der Waals surface area contributed by atoms with E-state index in [-0.39, 0.29) is 28.8 Å². The molecule has 0 heterocycles.